The van der Waals surface area contributed by atoms with Crippen molar-refractivity contribution in [2.45, 2.75) is 52.4 Å². The summed E-state index contributed by atoms with van der Waals surface area (Å²) < 4.78 is 12.5. The zero-order chi connectivity index (χ0) is 22.3. The number of benzene rings is 1. The van der Waals surface area contributed by atoms with E-state index in [9.17, 15) is 14.7 Å². The number of fused-ring (bicyclic) bond motifs is 4. The first kappa shape index (κ1) is 21.1. The summed E-state index contributed by atoms with van der Waals surface area (Å²) in [5.74, 6) is 0.186. The van der Waals surface area contributed by atoms with Gasteiger partial charge in [0.05, 0.1) is 34.6 Å². The normalized spacial score (nSPS) is 14.2. The first-order valence-corrected chi connectivity index (χ1v) is 10.4. The summed E-state index contributed by atoms with van der Waals surface area (Å²) in [5, 5.41) is 10.9. The van der Waals surface area contributed by atoms with Gasteiger partial charge >= 0.3 is 0 Å². The zero-order valence-electron chi connectivity index (χ0n) is 18.2. The highest BCUT2D eigenvalue weighted by Gasteiger charge is 2.34. The molecule has 0 unspecified atom stereocenters. The van der Waals surface area contributed by atoms with Crippen LogP contribution in [0.25, 0.3) is 22.3 Å². The van der Waals surface area contributed by atoms with E-state index < -0.39 is 5.60 Å². The molecule has 162 valence electrons. The molecule has 31 heavy (non-hydrogen) atoms. The van der Waals surface area contributed by atoms with E-state index in [2.05, 4.69) is 6.92 Å². The van der Waals surface area contributed by atoms with E-state index in [1.54, 1.807) is 29.9 Å². The number of aromatic nitrogens is 2. The highest BCUT2D eigenvalue weighted by atomic mass is 16.5. The Morgan fingerprint density at radius 3 is 2.68 bits per heavy atom. The van der Waals surface area contributed by atoms with Gasteiger partial charge < -0.3 is 19.1 Å². The molecule has 3 aromatic rings. The van der Waals surface area contributed by atoms with Crippen LogP contribution in [0.4, 0.5) is 0 Å². The predicted molar refractivity (Wildman–Crippen MR) is 117 cm³/mol. The maximum Gasteiger partial charge on any atom is 0.293 e. The number of phenolic OH excluding ortho intramolecular Hbond substituents is 1. The minimum atomic E-state index is -0.713. The van der Waals surface area contributed by atoms with Crippen molar-refractivity contribution in [3.63, 3.8) is 0 Å². The predicted octanol–water partition coefficient (Wildman–Crippen LogP) is 3.64. The maximum absolute atomic E-state index is 13.5. The Kier molecular flexibility index (Phi) is 5.31. The molecule has 0 fully saturated rings. The molecule has 2 aromatic heterocycles. The molecule has 7 heteroatoms. The summed E-state index contributed by atoms with van der Waals surface area (Å²) in [6.45, 7) is 6.58. The number of hydrogen-bond acceptors (Lipinski definition) is 6. The molecule has 0 amide bonds. The molecule has 0 saturated heterocycles. The van der Waals surface area contributed by atoms with Gasteiger partial charge in [-0.1, -0.05) is 13.8 Å². The van der Waals surface area contributed by atoms with Gasteiger partial charge in [0.15, 0.2) is 0 Å². The Labute approximate surface area is 180 Å². The molecule has 1 aliphatic rings. The van der Waals surface area contributed by atoms with Crippen LogP contribution >= 0.6 is 0 Å². The van der Waals surface area contributed by atoms with Gasteiger partial charge in [-0.25, -0.2) is 4.98 Å². The lowest BCUT2D eigenvalue weighted by Gasteiger charge is -2.29. The third kappa shape index (κ3) is 3.20. The second-order valence-electron chi connectivity index (χ2n) is 7.98. The van der Waals surface area contributed by atoms with Crippen molar-refractivity contribution >= 4 is 17.4 Å². The Morgan fingerprint density at radius 2 is 2.03 bits per heavy atom. The van der Waals surface area contributed by atoms with Gasteiger partial charge in [-0.3, -0.25) is 9.59 Å². The van der Waals surface area contributed by atoms with Crippen molar-refractivity contribution in [1.82, 2.24) is 9.55 Å². The van der Waals surface area contributed by atoms with E-state index in [1.807, 2.05) is 19.9 Å². The van der Waals surface area contributed by atoms with Gasteiger partial charge in [0, 0.05) is 18.1 Å². The van der Waals surface area contributed by atoms with Crippen molar-refractivity contribution < 1.29 is 19.4 Å². The Hall–Kier alpha value is -3.19. The third-order valence-corrected chi connectivity index (χ3v) is 6.49. The maximum atomic E-state index is 13.5. The number of pyridine rings is 2. The Bertz CT molecular complexity index is 1240. The van der Waals surface area contributed by atoms with Crippen LogP contribution < -0.4 is 5.56 Å². The van der Waals surface area contributed by atoms with Crippen LogP contribution in [-0.2, 0) is 39.4 Å². The van der Waals surface area contributed by atoms with Crippen LogP contribution in [0.15, 0.2) is 29.1 Å². The van der Waals surface area contributed by atoms with Gasteiger partial charge in [0.1, 0.15) is 12.4 Å². The van der Waals surface area contributed by atoms with Gasteiger partial charge in [-0.05, 0) is 55.2 Å². The van der Waals surface area contributed by atoms with Gasteiger partial charge in [0.25, 0.3) is 12.0 Å². The standard InChI is InChI=1S/C24H26N2O5/c1-5-15-16-9-14(28)7-8-20(16)25-22-17(15)11-26-21(22)10-19(24(3,6-2)30-4)18(23(26)29)12-31-13-27/h7-10,13,28H,5-6,11-12H2,1-4H3/t24-/m0/s1. The third-order valence-electron chi connectivity index (χ3n) is 6.49. The van der Waals surface area contributed by atoms with Crippen molar-refractivity contribution in [1.29, 1.82) is 0 Å². The molecule has 0 bridgehead atoms. The summed E-state index contributed by atoms with van der Waals surface area (Å²) in [6, 6.07) is 7.08. The van der Waals surface area contributed by atoms with Crippen LogP contribution in [-0.4, -0.2) is 28.2 Å². The number of carbonyl (C=O) groups excluding carboxylic acids is 1. The lowest BCUT2D eigenvalue weighted by atomic mass is 9.89. The number of methoxy groups -OCH3 is 1. The lowest BCUT2D eigenvalue weighted by Crippen LogP contribution is -2.32. The van der Waals surface area contributed by atoms with Crippen LogP contribution in [0, 0.1) is 0 Å². The molecular formula is C24H26N2O5. The molecule has 0 aliphatic carbocycles. The molecule has 3 heterocycles. The first-order valence-electron chi connectivity index (χ1n) is 10.4. The summed E-state index contributed by atoms with van der Waals surface area (Å²) in [5.41, 5.74) is 4.51. The molecule has 0 saturated carbocycles. The second-order valence-corrected chi connectivity index (χ2v) is 7.98. The lowest BCUT2D eigenvalue weighted by molar-refractivity contribution is -0.130. The summed E-state index contributed by atoms with van der Waals surface area (Å²) in [7, 11) is 1.61. The molecule has 4 rings (SSSR count). The monoisotopic (exact) mass is 422 g/mol. The van der Waals surface area contributed by atoms with E-state index in [-0.39, 0.29) is 17.9 Å². The number of aryl methyl sites for hydroxylation is 1. The average Bonchev–Trinajstić information content (AvgIpc) is 3.14. The van der Waals surface area contributed by atoms with E-state index in [0.717, 1.165) is 39.8 Å². The van der Waals surface area contributed by atoms with Gasteiger partial charge in [-0.15, -0.1) is 0 Å². The van der Waals surface area contributed by atoms with Crippen LogP contribution in [0.3, 0.4) is 0 Å². The zero-order valence-corrected chi connectivity index (χ0v) is 18.2. The van der Waals surface area contributed by atoms with Crippen molar-refractivity contribution in [2.75, 3.05) is 7.11 Å². The summed E-state index contributed by atoms with van der Waals surface area (Å²) in [4.78, 5) is 29.2. The fourth-order valence-corrected chi connectivity index (χ4v) is 4.52. The highest BCUT2D eigenvalue weighted by Crippen LogP contribution is 2.39. The van der Waals surface area contributed by atoms with Gasteiger partial charge in [0.2, 0.25) is 0 Å². The minimum Gasteiger partial charge on any atom is -0.508 e. The first-order chi connectivity index (χ1) is 14.9. The van der Waals surface area contributed by atoms with Gasteiger partial charge in [-0.2, -0.15) is 0 Å². The highest BCUT2D eigenvalue weighted by molar-refractivity contribution is 5.89. The van der Waals surface area contributed by atoms with Crippen molar-refractivity contribution in [2.24, 2.45) is 0 Å². The number of aromatic hydroxyl groups is 1. The van der Waals surface area contributed by atoms with Crippen LogP contribution in [0.5, 0.6) is 5.75 Å². The summed E-state index contributed by atoms with van der Waals surface area (Å²) in [6.07, 6.45) is 1.38. The Balaban J connectivity index is 2.04. The number of ether oxygens (including phenoxy) is 2. The number of rotatable bonds is 7. The van der Waals surface area contributed by atoms with Crippen molar-refractivity contribution in [3.05, 3.63) is 56.9 Å². The number of phenols is 1. The second kappa shape index (κ2) is 7.81. The molecular weight excluding hydrogens is 396 g/mol. The fraction of sp³-hybridized carbons (Fsp3) is 0.375. The van der Waals surface area contributed by atoms with E-state index >= 15 is 0 Å². The molecule has 0 spiro atoms. The molecule has 1 N–H and O–H groups in total. The van der Waals surface area contributed by atoms with Crippen LogP contribution in [0.2, 0.25) is 0 Å². The molecule has 7 nitrogen and oxygen atoms in total. The average molecular weight is 422 g/mol. The van der Waals surface area contributed by atoms with Crippen molar-refractivity contribution in [3.8, 4) is 17.1 Å². The summed E-state index contributed by atoms with van der Waals surface area (Å²) >= 11 is 0. The van der Waals surface area contributed by atoms with E-state index in [0.29, 0.717) is 30.6 Å². The minimum absolute atomic E-state index is 0.114. The quantitative estimate of drug-likeness (QED) is 0.457. The SMILES string of the molecule is CCc1c2c(nc3ccc(O)cc13)-c1cc([C@](C)(CC)OC)c(COC=O)c(=O)n1C2. The van der Waals surface area contributed by atoms with E-state index in [1.165, 1.54) is 0 Å². The topological polar surface area (TPSA) is 90.7 Å². The molecule has 1 aromatic carbocycles. The van der Waals surface area contributed by atoms with Crippen LogP contribution in [0.1, 0.15) is 49.4 Å². The molecule has 0 radical (unpaired) electrons. The number of hydrogen-bond donors (Lipinski definition) is 1. The number of nitrogens with zero attached hydrogens (tertiary/aromatic N) is 2. The van der Waals surface area contributed by atoms with E-state index in [4.69, 9.17) is 14.5 Å². The number of carbonyl (C=O) groups is 1. The largest absolute Gasteiger partial charge is 0.508 e. The smallest absolute Gasteiger partial charge is 0.293 e. The fourth-order valence-electron chi connectivity index (χ4n) is 4.52. The molecule has 1 atom stereocenters. The Morgan fingerprint density at radius 1 is 1.26 bits per heavy atom. The molecule has 1 aliphatic heterocycles.